The van der Waals surface area contributed by atoms with Crippen molar-refractivity contribution >= 4 is 6.29 Å². The van der Waals surface area contributed by atoms with Crippen LogP contribution in [-0.4, -0.2) is 11.4 Å². The first-order valence-electron chi connectivity index (χ1n) is 6.64. The van der Waals surface area contributed by atoms with E-state index >= 15 is 0 Å². The van der Waals surface area contributed by atoms with Crippen molar-refractivity contribution in [1.82, 2.24) is 0 Å². The summed E-state index contributed by atoms with van der Waals surface area (Å²) in [6, 6.07) is 12.2. The van der Waals surface area contributed by atoms with E-state index < -0.39 is 0 Å². The summed E-state index contributed by atoms with van der Waals surface area (Å²) in [5.41, 5.74) is 5.03. The standard InChI is InChI=1S/C17H16O2/c18-11-16-9-15-8-6-13-3-1-12(2-4-13)5-7-14(16)10-17(15)19/h1-4,9-11,19H,5-8H2. The molecule has 0 radical (unpaired) electrons. The van der Waals surface area contributed by atoms with Crippen LogP contribution in [0.3, 0.4) is 0 Å². The van der Waals surface area contributed by atoms with Crippen LogP contribution in [0.25, 0.3) is 0 Å². The van der Waals surface area contributed by atoms with Crippen LogP contribution < -0.4 is 0 Å². The van der Waals surface area contributed by atoms with Gasteiger partial charge in [0.05, 0.1) is 0 Å². The quantitative estimate of drug-likeness (QED) is 0.792. The number of rotatable bonds is 1. The highest BCUT2D eigenvalue weighted by molar-refractivity contribution is 5.78. The number of hydrogen-bond acceptors (Lipinski definition) is 2. The molecule has 6 rings (SSSR count). The molecule has 0 atom stereocenters. The van der Waals surface area contributed by atoms with Gasteiger partial charge in [-0.3, -0.25) is 4.79 Å². The fourth-order valence-corrected chi connectivity index (χ4v) is 2.65. The molecule has 0 aromatic heterocycles. The summed E-state index contributed by atoms with van der Waals surface area (Å²) in [4.78, 5) is 11.2. The molecule has 0 saturated carbocycles. The molecule has 2 aromatic carbocycles. The largest absolute Gasteiger partial charge is 0.508 e. The van der Waals surface area contributed by atoms with E-state index in [0.717, 1.165) is 43.1 Å². The molecule has 0 fully saturated rings. The Morgan fingerprint density at radius 2 is 1.42 bits per heavy atom. The predicted octanol–water partition coefficient (Wildman–Crippen LogP) is 3.09. The highest BCUT2D eigenvalue weighted by Gasteiger charge is 2.11. The average molecular weight is 252 g/mol. The summed E-state index contributed by atoms with van der Waals surface area (Å²) in [6.07, 6.45) is 4.20. The Kier molecular flexibility index (Phi) is 3.08. The van der Waals surface area contributed by atoms with Gasteiger partial charge in [-0.1, -0.05) is 24.3 Å². The summed E-state index contributed by atoms with van der Waals surface area (Å²) >= 11 is 0. The number of aryl methyl sites for hydroxylation is 4. The van der Waals surface area contributed by atoms with Crippen LogP contribution in [-0.2, 0) is 25.7 Å². The van der Waals surface area contributed by atoms with E-state index in [1.54, 1.807) is 6.07 Å². The number of phenols is 1. The Labute approximate surface area is 112 Å². The van der Waals surface area contributed by atoms with Crippen LogP contribution in [0.4, 0.5) is 0 Å². The molecule has 2 nitrogen and oxygen atoms in total. The van der Waals surface area contributed by atoms with Gasteiger partial charge in [0.1, 0.15) is 12.0 Å². The Morgan fingerprint density at radius 3 is 2.00 bits per heavy atom. The summed E-state index contributed by atoms with van der Waals surface area (Å²) in [6.45, 7) is 0. The lowest BCUT2D eigenvalue weighted by atomic mass is 9.93. The first-order chi connectivity index (χ1) is 9.26. The van der Waals surface area contributed by atoms with E-state index in [1.807, 2.05) is 6.07 Å². The van der Waals surface area contributed by atoms with Crippen molar-refractivity contribution in [1.29, 1.82) is 0 Å². The van der Waals surface area contributed by atoms with Gasteiger partial charge in [-0.15, -0.1) is 0 Å². The highest BCUT2D eigenvalue weighted by Crippen LogP contribution is 2.25. The lowest BCUT2D eigenvalue weighted by Gasteiger charge is -2.13. The molecule has 0 saturated heterocycles. The van der Waals surface area contributed by atoms with Crippen molar-refractivity contribution in [3.05, 3.63) is 64.2 Å². The molecule has 0 aliphatic heterocycles. The summed E-state index contributed by atoms with van der Waals surface area (Å²) in [7, 11) is 0. The molecule has 4 aliphatic rings. The molecular weight excluding hydrogens is 236 g/mol. The zero-order valence-electron chi connectivity index (χ0n) is 10.7. The minimum atomic E-state index is 0.315. The maximum Gasteiger partial charge on any atom is 0.150 e. The number of aromatic hydroxyl groups is 1. The summed E-state index contributed by atoms with van der Waals surface area (Å²) < 4.78 is 0. The predicted molar refractivity (Wildman–Crippen MR) is 74.8 cm³/mol. The number of hydrogen-bond donors (Lipinski definition) is 1. The van der Waals surface area contributed by atoms with Crippen LogP contribution in [0.15, 0.2) is 36.4 Å². The van der Waals surface area contributed by atoms with E-state index in [1.165, 1.54) is 11.1 Å². The van der Waals surface area contributed by atoms with Gasteiger partial charge in [0, 0.05) is 5.56 Å². The lowest BCUT2D eigenvalue weighted by Crippen LogP contribution is -2.02. The van der Waals surface area contributed by atoms with E-state index in [0.29, 0.717) is 11.3 Å². The molecule has 4 bridgehead atoms. The minimum absolute atomic E-state index is 0.315. The molecule has 0 heterocycles. The van der Waals surface area contributed by atoms with E-state index in [9.17, 15) is 9.90 Å². The number of carbonyl (C=O) groups is 1. The van der Waals surface area contributed by atoms with Gasteiger partial charge in [0.15, 0.2) is 0 Å². The summed E-state index contributed by atoms with van der Waals surface area (Å²) in [5, 5.41) is 10.1. The number of carbonyl (C=O) groups excluding carboxylic acids is 1. The topological polar surface area (TPSA) is 37.3 Å². The van der Waals surface area contributed by atoms with Crippen molar-refractivity contribution in [2.75, 3.05) is 0 Å². The second kappa shape index (κ2) is 4.88. The van der Waals surface area contributed by atoms with Gasteiger partial charge < -0.3 is 5.11 Å². The van der Waals surface area contributed by atoms with E-state index in [4.69, 9.17) is 0 Å². The Morgan fingerprint density at radius 1 is 0.842 bits per heavy atom. The lowest BCUT2D eigenvalue weighted by molar-refractivity contribution is 0.112. The molecule has 96 valence electrons. The molecule has 19 heavy (non-hydrogen) atoms. The fraction of sp³-hybridized carbons (Fsp3) is 0.235. The van der Waals surface area contributed by atoms with Gasteiger partial charge in [-0.25, -0.2) is 0 Å². The molecule has 1 N–H and O–H groups in total. The smallest absolute Gasteiger partial charge is 0.150 e. The molecule has 2 heteroatoms. The number of aldehydes is 1. The molecular formula is C17H16O2. The van der Waals surface area contributed by atoms with Crippen molar-refractivity contribution in [3.8, 4) is 5.75 Å². The zero-order chi connectivity index (χ0) is 13.2. The van der Waals surface area contributed by atoms with Crippen molar-refractivity contribution in [2.45, 2.75) is 25.7 Å². The second-order valence-electron chi connectivity index (χ2n) is 5.11. The Bertz CT molecular complexity index is 612. The second-order valence-corrected chi connectivity index (χ2v) is 5.11. The highest BCUT2D eigenvalue weighted by atomic mass is 16.3. The van der Waals surface area contributed by atoms with E-state index in [2.05, 4.69) is 24.3 Å². The molecule has 2 aromatic rings. The third kappa shape index (κ3) is 2.39. The monoisotopic (exact) mass is 252 g/mol. The van der Waals surface area contributed by atoms with Crippen molar-refractivity contribution < 1.29 is 9.90 Å². The van der Waals surface area contributed by atoms with Crippen LogP contribution in [0.1, 0.15) is 32.6 Å². The minimum Gasteiger partial charge on any atom is -0.508 e. The third-order valence-electron chi connectivity index (χ3n) is 3.86. The van der Waals surface area contributed by atoms with Crippen molar-refractivity contribution in [3.63, 3.8) is 0 Å². The maximum absolute atomic E-state index is 11.2. The van der Waals surface area contributed by atoms with Crippen LogP contribution >= 0.6 is 0 Å². The van der Waals surface area contributed by atoms with Gasteiger partial charge in [0.25, 0.3) is 0 Å². The van der Waals surface area contributed by atoms with Gasteiger partial charge >= 0.3 is 0 Å². The van der Waals surface area contributed by atoms with Gasteiger partial charge in [-0.05, 0) is 60.1 Å². The van der Waals surface area contributed by atoms with Crippen LogP contribution in [0.5, 0.6) is 5.75 Å². The van der Waals surface area contributed by atoms with Crippen LogP contribution in [0, 0.1) is 0 Å². The zero-order valence-corrected chi connectivity index (χ0v) is 10.7. The van der Waals surface area contributed by atoms with Crippen LogP contribution in [0.2, 0.25) is 0 Å². The van der Waals surface area contributed by atoms with Gasteiger partial charge in [0.2, 0.25) is 0 Å². The fourth-order valence-electron chi connectivity index (χ4n) is 2.65. The SMILES string of the molecule is O=Cc1cc2c(O)cc1CCc1ccc(cc1)CC2. The maximum atomic E-state index is 11.2. The first-order valence-corrected chi connectivity index (χ1v) is 6.64. The van der Waals surface area contributed by atoms with E-state index in [-0.39, 0.29) is 0 Å². The average Bonchev–Trinajstić information content (AvgIpc) is 2.43. The van der Waals surface area contributed by atoms with Gasteiger partial charge in [-0.2, -0.15) is 0 Å². The number of benzene rings is 2. The Balaban J connectivity index is 2.07. The molecule has 0 amide bonds. The Hall–Kier alpha value is -2.09. The first kappa shape index (κ1) is 12.0. The summed E-state index contributed by atoms with van der Waals surface area (Å²) in [5.74, 6) is 0.315. The number of phenolic OH excluding ortho intramolecular Hbond substituents is 1. The third-order valence-corrected chi connectivity index (χ3v) is 3.86. The molecule has 0 unspecified atom stereocenters. The van der Waals surface area contributed by atoms with Crippen molar-refractivity contribution in [2.24, 2.45) is 0 Å². The molecule has 0 spiro atoms. The molecule has 4 aliphatic carbocycles. The normalized spacial score (nSPS) is 13.9.